The zero-order chi connectivity index (χ0) is 16.2. The first-order valence-electron chi connectivity index (χ1n) is 4.36. The molecule has 0 fully saturated rings. The van der Waals surface area contributed by atoms with E-state index in [1.54, 1.807) is 0 Å². The first-order valence-corrected chi connectivity index (χ1v) is 6.91. The highest BCUT2D eigenvalue weighted by molar-refractivity contribution is 8.07. The Kier molecular flexibility index (Phi) is 6.74. The minimum Gasteiger partial charge on any atom is -0.299 e. The Balaban J connectivity index is 4.71. The van der Waals surface area contributed by atoms with E-state index in [1.165, 1.54) is 0 Å². The predicted octanol–water partition coefficient (Wildman–Crippen LogP) is 3.95. The Hall–Kier alpha value is -0.100. The molecule has 0 heterocycles. The van der Waals surface area contributed by atoms with Gasteiger partial charge in [0.05, 0.1) is 0 Å². The third kappa shape index (κ3) is 11.7. The Bertz CT molecular complexity index is 297. The third-order valence-corrected chi connectivity index (χ3v) is 3.44. The number of halogens is 9. The van der Waals surface area contributed by atoms with E-state index in [9.17, 15) is 39.5 Å². The quantitative estimate of drug-likeness (QED) is 0.530. The molecule has 20 heavy (non-hydrogen) atoms. The van der Waals surface area contributed by atoms with Gasteiger partial charge in [-0.1, -0.05) is 0 Å². The van der Waals surface area contributed by atoms with Crippen molar-refractivity contribution in [2.45, 2.75) is 18.5 Å². The van der Waals surface area contributed by atoms with E-state index in [1.807, 2.05) is 0 Å². The number of rotatable bonds is 6. The van der Waals surface area contributed by atoms with E-state index < -0.39 is 45.1 Å². The highest BCUT2D eigenvalue weighted by Crippen LogP contribution is 2.52. The van der Waals surface area contributed by atoms with E-state index in [4.69, 9.17) is 0 Å². The Morgan fingerprint density at radius 2 is 0.800 bits per heavy atom. The molecule has 0 bridgehead atoms. The van der Waals surface area contributed by atoms with E-state index in [0.29, 0.717) is 0 Å². The molecule has 0 saturated carbocycles. The van der Waals surface area contributed by atoms with Crippen molar-refractivity contribution in [1.82, 2.24) is 0 Å². The van der Waals surface area contributed by atoms with Crippen LogP contribution in [0.25, 0.3) is 0 Å². The molecule has 0 unspecified atom stereocenters. The van der Waals surface area contributed by atoms with Crippen molar-refractivity contribution in [3.8, 4) is 0 Å². The maximum Gasteiger partial charge on any atom is 0.412 e. The van der Waals surface area contributed by atoms with E-state index in [2.05, 4.69) is 25.4 Å². The van der Waals surface area contributed by atoms with Crippen molar-refractivity contribution in [2.24, 2.45) is 0 Å². The molecule has 0 aromatic carbocycles. The van der Waals surface area contributed by atoms with Gasteiger partial charge in [-0.05, 0) is 11.8 Å². The summed E-state index contributed by atoms with van der Waals surface area (Å²) in [4.78, 5) is 0. The summed E-state index contributed by atoms with van der Waals surface area (Å²) >= 11 is 4.05. The molecule has 0 atom stereocenters. The molecule has 0 aliphatic heterocycles. The van der Waals surface area contributed by atoms with E-state index in [0.717, 1.165) is 0 Å². The van der Waals surface area contributed by atoms with Crippen molar-refractivity contribution >= 4 is 18.5 Å². The maximum atomic E-state index is 11.8. The monoisotopic (exact) mass is 360 g/mol. The molecule has 0 amide bonds. The fraction of sp³-hybridized carbons (Fsp3) is 1.00. The smallest absolute Gasteiger partial charge is 0.299 e. The minimum atomic E-state index is -5.02. The van der Waals surface area contributed by atoms with Gasteiger partial charge in [-0.3, -0.25) is 13.6 Å². The molecule has 3 nitrogen and oxygen atoms in total. The molecule has 0 rings (SSSR count). The van der Waals surface area contributed by atoms with Crippen molar-refractivity contribution < 1.29 is 53.1 Å². The van der Waals surface area contributed by atoms with Crippen LogP contribution in [0, 0.1) is 0 Å². The lowest BCUT2D eigenvalue weighted by molar-refractivity contribution is -0.176. The summed E-state index contributed by atoms with van der Waals surface area (Å²) in [6.45, 7) is -11.4. The van der Waals surface area contributed by atoms with Crippen LogP contribution >= 0.6 is 6.72 Å². The summed E-state index contributed by atoms with van der Waals surface area (Å²) in [6.07, 6.45) is -15.1. The van der Waals surface area contributed by atoms with Crippen LogP contribution in [-0.2, 0) is 25.4 Å². The second-order valence-corrected chi connectivity index (χ2v) is 6.12. The van der Waals surface area contributed by atoms with Gasteiger partial charge in [-0.2, -0.15) is 39.5 Å². The molecule has 0 spiro atoms. The van der Waals surface area contributed by atoms with Crippen molar-refractivity contribution in [1.29, 1.82) is 0 Å². The van der Waals surface area contributed by atoms with Crippen LogP contribution in [0.3, 0.4) is 0 Å². The van der Waals surface area contributed by atoms with Gasteiger partial charge < -0.3 is 0 Å². The summed E-state index contributed by atoms with van der Waals surface area (Å²) in [7, 11) is 0. The summed E-state index contributed by atoms with van der Waals surface area (Å²) in [5.74, 6) is 0. The molecular weight excluding hydrogens is 354 g/mol. The van der Waals surface area contributed by atoms with Gasteiger partial charge in [0.15, 0.2) is 19.8 Å². The minimum absolute atomic E-state index is 2.19. The Morgan fingerprint density at radius 1 is 0.600 bits per heavy atom. The summed E-state index contributed by atoms with van der Waals surface area (Å²) in [5, 5.41) is 0. The fourth-order valence-electron chi connectivity index (χ4n) is 0.569. The van der Waals surface area contributed by atoms with Gasteiger partial charge in [-0.25, -0.2) is 0 Å². The lowest BCUT2D eigenvalue weighted by atomic mass is 10.7. The first-order chi connectivity index (χ1) is 8.62. The lowest BCUT2D eigenvalue weighted by Crippen LogP contribution is -2.23. The SMILES string of the molecule is FC(F)(F)COP(=S)(OCC(F)(F)F)OCC(F)(F)F. The van der Waals surface area contributed by atoms with Gasteiger partial charge >= 0.3 is 25.2 Å². The normalized spacial score (nSPS) is 14.7. The van der Waals surface area contributed by atoms with Gasteiger partial charge in [0, 0.05) is 0 Å². The summed E-state index contributed by atoms with van der Waals surface area (Å²) in [5.41, 5.74) is 0. The average Bonchev–Trinajstić information content (AvgIpc) is 2.18. The van der Waals surface area contributed by atoms with Crippen LogP contribution in [0.4, 0.5) is 39.5 Å². The second-order valence-electron chi connectivity index (χ2n) is 3.11. The van der Waals surface area contributed by atoms with Crippen LogP contribution in [-0.4, -0.2) is 38.3 Å². The van der Waals surface area contributed by atoms with Gasteiger partial charge in [0.25, 0.3) is 0 Å². The summed E-state index contributed by atoms with van der Waals surface area (Å²) < 4.78 is 118. The molecule has 0 aromatic heterocycles. The second kappa shape index (κ2) is 6.77. The average molecular weight is 360 g/mol. The molecular formula is C6H6F9O3PS. The Morgan fingerprint density at radius 3 is 0.950 bits per heavy atom. The highest BCUT2D eigenvalue weighted by Gasteiger charge is 2.39. The van der Waals surface area contributed by atoms with E-state index in [-0.39, 0.29) is 0 Å². The van der Waals surface area contributed by atoms with Crippen LogP contribution in [0.15, 0.2) is 0 Å². The number of alkyl halides is 9. The molecule has 0 N–H and O–H groups in total. The third-order valence-electron chi connectivity index (χ3n) is 1.16. The van der Waals surface area contributed by atoms with Crippen molar-refractivity contribution in [3.63, 3.8) is 0 Å². The highest BCUT2D eigenvalue weighted by atomic mass is 32.5. The zero-order valence-electron chi connectivity index (χ0n) is 9.10. The molecule has 0 aromatic rings. The molecule has 14 heteroatoms. The molecule has 122 valence electrons. The van der Waals surface area contributed by atoms with Crippen LogP contribution in [0.5, 0.6) is 0 Å². The molecule has 0 aliphatic rings. The largest absolute Gasteiger partial charge is 0.412 e. The van der Waals surface area contributed by atoms with Gasteiger partial charge in [0.2, 0.25) is 0 Å². The predicted molar refractivity (Wildman–Crippen MR) is 50.3 cm³/mol. The fourth-order valence-corrected chi connectivity index (χ4v) is 2.18. The number of hydrogen-bond donors (Lipinski definition) is 0. The number of hydrogen-bond acceptors (Lipinski definition) is 4. The van der Waals surface area contributed by atoms with Gasteiger partial charge in [0.1, 0.15) is 0 Å². The van der Waals surface area contributed by atoms with Crippen LogP contribution in [0.1, 0.15) is 0 Å². The Labute approximate surface area is 111 Å². The topological polar surface area (TPSA) is 27.7 Å². The molecule has 0 saturated heterocycles. The van der Waals surface area contributed by atoms with E-state index >= 15 is 0 Å². The first kappa shape index (κ1) is 19.9. The molecule has 0 radical (unpaired) electrons. The summed E-state index contributed by atoms with van der Waals surface area (Å²) in [6, 6.07) is 0. The zero-order valence-corrected chi connectivity index (χ0v) is 10.8. The lowest BCUT2D eigenvalue weighted by Gasteiger charge is -2.23. The van der Waals surface area contributed by atoms with Crippen LogP contribution in [0.2, 0.25) is 0 Å². The maximum absolute atomic E-state index is 11.8. The van der Waals surface area contributed by atoms with Crippen molar-refractivity contribution in [2.75, 3.05) is 19.8 Å². The van der Waals surface area contributed by atoms with Crippen LogP contribution < -0.4 is 0 Å². The van der Waals surface area contributed by atoms with Gasteiger partial charge in [-0.15, -0.1) is 0 Å². The molecule has 0 aliphatic carbocycles. The van der Waals surface area contributed by atoms with Crippen molar-refractivity contribution in [3.05, 3.63) is 0 Å². The standard InChI is InChI=1S/C6H6F9O3PS/c7-4(8,9)1-16-19(20,17-2-5(10,11)12)18-3-6(13,14)15/h1-3H2.